The highest BCUT2D eigenvalue weighted by Crippen LogP contribution is 2.23. The van der Waals surface area contributed by atoms with Gasteiger partial charge in [0.15, 0.2) is 0 Å². The molecule has 2 N–H and O–H groups in total. The summed E-state index contributed by atoms with van der Waals surface area (Å²) in [5.41, 5.74) is 2.40. The number of halogens is 1. The summed E-state index contributed by atoms with van der Waals surface area (Å²) in [7, 11) is 0. The van der Waals surface area contributed by atoms with Gasteiger partial charge in [-0.25, -0.2) is 0 Å². The van der Waals surface area contributed by atoms with Gasteiger partial charge in [-0.1, -0.05) is 15.9 Å². The predicted octanol–water partition coefficient (Wildman–Crippen LogP) is 1.92. The summed E-state index contributed by atoms with van der Waals surface area (Å²) in [5, 5.41) is 13.2. The Morgan fingerprint density at radius 3 is 2.88 bits per heavy atom. The van der Waals surface area contributed by atoms with Gasteiger partial charge in [-0.3, -0.25) is 0 Å². The molecule has 3 nitrogen and oxygen atoms in total. The molecule has 1 heterocycles. The molecule has 1 aromatic rings. The Kier molecular flexibility index (Phi) is 4.07. The second kappa shape index (κ2) is 5.38. The minimum atomic E-state index is -0.302. The van der Waals surface area contributed by atoms with Crippen LogP contribution in [0.25, 0.3) is 0 Å². The van der Waals surface area contributed by atoms with Crippen LogP contribution in [0.5, 0.6) is 0 Å². The zero-order chi connectivity index (χ0) is 12.4. The lowest BCUT2D eigenvalue weighted by atomic mass is 10.2. The summed E-state index contributed by atoms with van der Waals surface area (Å²) in [6.45, 7) is 6.53. The fourth-order valence-corrected chi connectivity index (χ4v) is 2.41. The third-order valence-electron chi connectivity index (χ3n) is 3.13. The van der Waals surface area contributed by atoms with Gasteiger partial charge < -0.3 is 15.3 Å². The first-order valence-electron chi connectivity index (χ1n) is 5.99. The topological polar surface area (TPSA) is 35.5 Å². The molecule has 0 amide bonds. The van der Waals surface area contributed by atoms with E-state index in [4.69, 9.17) is 0 Å². The lowest BCUT2D eigenvalue weighted by Crippen LogP contribution is -2.35. The molecule has 1 aromatic carbocycles. The van der Waals surface area contributed by atoms with Crippen molar-refractivity contribution < 1.29 is 5.11 Å². The summed E-state index contributed by atoms with van der Waals surface area (Å²) in [4.78, 5) is 2.24. The minimum Gasteiger partial charge on any atom is -0.390 e. The standard InChI is InChI=1S/C13H19BrN2O/c1-9-5-11(3-4-13(9)14)16-7-10(2)15-6-12(17)8-16/h3-5,10,12,15,17H,6-8H2,1-2H3. The van der Waals surface area contributed by atoms with E-state index in [1.165, 1.54) is 11.3 Å². The van der Waals surface area contributed by atoms with E-state index in [-0.39, 0.29) is 6.10 Å². The normalized spacial score (nSPS) is 25.8. The van der Waals surface area contributed by atoms with Gasteiger partial charge in [0, 0.05) is 35.8 Å². The third-order valence-corrected chi connectivity index (χ3v) is 4.02. The Balaban J connectivity index is 2.21. The van der Waals surface area contributed by atoms with Crippen LogP contribution in [0, 0.1) is 6.92 Å². The van der Waals surface area contributed by atoms with E-state index in [0.717, 1.165) is 11.0 Å². The molecule has 0 aromatic heterocycles. The first kappa shape index (κ1) is 12.9. The number of hydrogen-bond donors (Lipinski definition) is 2. The van der Waals surface area contributed by atoms with Crippen molar-refractivity contribution in [3.63, 3.8) is 0 Å². The molecule has 2 atom stereocenters. The number of rotatable bonds is 1. The van der Waals surface area contributed by atoms with Crippen LogP contribution in [-0.2, 0) is 0 Å². The molecule has 1 aliphatic rings. The largest absolute Gasteiger partial charge is 0.390 e. The number of nitrogens with one attached hydrogen (secondary N) is 1. The molecule has 94 valence electrons. The zero-order valence-corrected chi connectivity index (χ0v) is 11.9. The smallest absolute Gasteiger partial charge is 0.0839 e. The second-order valence-electron chi connectivity index (χ2n) is 4.80. The van der Waals surface area contributed by atoms with Gasteiger partial charge in [0.2, 0.25) is 0 Å². The average molecular weight is 299 g/mol. The van der Waals surface area contributed by atoms with Crippen LogP contribution in [-0.4, -0.2) is 36.9 Å². The van der Waals surface area contributed by atoms with Crippen molar-refractivity contribution in [1.82, 2.24) is 5.32 Å². The molecule has 1 fully saturated rings. The molecular weight excluding hydrogens is 280 g/mol. The number of aliphatic hydroxyl groups excluding tert-OH is 1. The van der Waals surface area contributed by atoms with E-state index in [1.807, 2.05) is 0 Å². The van der Waals surface area contributed by atoms with Crippen molar-refractivity contribution in [2.75, 3.05) is 24.5 Å². The van der Waals surface area contributed by atoms with E-state index in [9.17, 15) is 5.11 Å². The van der Waals surface area contributed by atoms with Crippen LogP contribution in [0.3, 0.4) is 0 Å². The number of anilines is 1. The Labute approximate surface area is 111 Å². The van der Waals surface area contributed by atoms with Gasteiger partial charge in [0.05, 0.1) is 6.10 Å². The number of benzene rings is 1. The van der Waals surface area contributed by atoms with Gasteiger partial charge in [0.25, 0.3) is 0 Å². The summed E-state index contributed by atoms with van der Waals surface area (Å²) in [6.07, 6.45) is -0.302. The molecule has 0 bridgehead atoms. The quantitative estimate of drug-likeness (QED) is 0.831. The Bertz CT molecular complexity index is 385. The zero-order valence-electron chi connectivity index (χ0n) is 10.3. The molecular formula is C13H19BrN2O. The lowest BCUT2D eigenvalue weighted by molar-refractivity contribution is 0.183. The van der Waals surface area contributed by atoms with Crippen LogP contribution in [0.1, 0.15) is 12.5 Å². The van der Waals surface area contributed by atoms with Crippen molar-refractivity contribution in [1.29, 1.82) is 0 Å². The van der Waals surface area contributed by atoms with Gasteiger partial charge in [-0.15, -0.1) is 0 Å². The van der Waals surface area contributed by atoms with E-state index in [1.54, 1.807) is 0 Å². The molecule has 2 rings (SSSR count). The Morgan fingerprint density at radius 2 is 2.18 bits per heavy atom. The molecule has 1 saturated heterocycles. The molecule has 17 heavy (non-hydrogen) atoms. The van der Waals surface area contributed by atoms with Crippen molar-refractivity contribution in [3.8, 4) is 0 Å². The van der Waals surface area contributed by atoms with E-state index >= 15 is 0 Å². The third kappa shape index (κ3) is 3.21. The van der Waals surface area contributed by atoms with Gasteiger partial charge in [0.1, 0.15) is 0 Å². The predicted molar refractivity (Wildman–Crippen MR) is 74.6 cm³/mol. The Morgan fingerprint density at radius 1 is 1.41 bits per heavy atom. The number of aryl methyl sites for hydroxylation is 1. The maximum absolute atomic E-state index is 9.85. The van der Waals surface area contributed by atoms with Gasteiger partial charge in [-0.2, -0.15) is 0 Å². The first-order valence-corrected chi connectivity index (χ1v) is 6.78. The van der Waals surface area contributed by atoms with Gasteiger partial charge >= 0.3 is 0 Å². The molecule has 0 radical (unpaired) electrons. The fraction of sp³-hybridized carbons (Fsp3) is 0.538. The van der Waals surface area contributed by atoms with Crippen LogP contribution in [0.4, 0.5) is 5.69 Å². The first-order chi connectivity index (χ1) is 8.06. The van der Waals surface area contributed by atoms with Crippen molar-refractivity contribution in [3.05, 3.63) is 28.2 Å². The Hall–Kier alpha value is -0.580. The monoisotopic (exact) mass is 298 g/mol. The maximum atomic E-state index is 9.85. The molecule has 2 unspecified atom stereocenters. The molecule has 0 spiro atoms. The average Bonchev–Trinajstić information content (AvgIpc) is 2.45. The second-order valence-corrected chi connectivity index (χ2v) is 5.66. The number of hydrogen-bond acceptors (Lipinski definition) is 3. The van der Waals surface area contributed by atoms with Crippen molar-refractivity contribution in [2.45, 2.75) is 26.0 Å². The number of β-amino-alcohol motifs (C(OH)–C–C–N with tert-alkyl or cyclic N) is 1. The van der Waals surface area contributed by atoms with E-state index < -0.39 is 0 Å². The van der Waals surface area contributed by atoms with Crippen LogP contribution < -0.4 is 10.2 Å². The number of aliphatic hydroxyl groups is 1. The minimum absolute atomic E-state index is 0.302. The highest BCUT2D eigenvalue weighted by Gasteiger charge is 2.20. The SMILES string of the molecule is Cc1cc(N2CC(O)CNC(C)C2)ccc1Br. The summed E-state index contributed by atoms with van der Waals surface area (Å²) < 4.78 is 1.13. The molecule has 1 aliphatic heterocycles. The van der Waals surface area contributed by atoms with Crippen LogP contribution >= 0.6 is 15.9 Å². The molecule has 4 heteroatoms. The summed E-state index contributed by atoms with van der Waals surface area (Å²) >= 11 is 3.51. The summed E-state index contributed by atoms with van der Waals surface area (Å²) in [6, 6.07) is 6.73. The van der Waals surface area contributed by atoms with E-state index in [0.29, 0.717) is 19.1 Å². The van der Waals surface area contributed by atoms with E-state index in [2.05, 4.69) is 58.2 Å². The fourth-order valence-electron chi connectivity index (χ4n) is 2.16. The van der Waals surface area contributed by atoms with Crippen LogP contribution in [0.15, 0.2) is 22.7 Å². The lowest BCUT2D eigenvalue weighted by Gasteiger charge is -2.26. The summed E-state index contributed by atoms with van der Waals surface area (Å²) in [5.74, 6) is 0. The highest BCUT2D eigenvalue weighted by atomic mass is 79.9. The molecule has 0 saturated carbocycles. The van der Waals surface area contributed by atoms with Crippen molar-refractivity contribution in [2.24, 2.45) is 0 Å². The molecule has 0 aliphatic carbocycles. The number of nitrogens with zero attached hydrogens (tertiary/aromatic N) is 1. The van der Waals surface area contributed by atoms with Gasteiger partial charge in [-0.05, 0) is 37.6 Å². The van der Waals surface area contributed by atoms with Crippen LogP contribution in [0.2, 0.25) is 0 Å². The highest BCUT2D eigenvalue weighted by molar-refractivity contribution is 9.10. The van der Waals surface area contributed by atoms with Crippen molar-refractivity contribution >= 4 is 21.6 Å². The maximum Gasteiger partial charge on any atom is 0.0839 e.